The van der Waals surface area contributed by atoms with Crippen LogP contribution in [0.3, 0.4) is 0 Å². The zero-order chi connectivity index (χ0) is 39.7. The third-order valence-electron chi connectivity index (χ3n) is 8.90. The lowest BCUT2D eigenvalue weighted by atomic mass is 10.0. The predicted octanol–water partition coefficient (Wildman–Crippen LogP) is 11.6. The molecule has 0 fully saturated rings. The van der Waals surface area contributed by atoms with Crippen molar-refractivity contribution in [2.75, 3.05) is 13.2 Å². The molecule has 0 aliphatic rings. The number of hydrogen-bond donors (Lipinski definition) is 0. The minimum Gasteiger partial charge on any atom is -0.494 e. The van der Waals surface area contributed by atoms with Crippen molar-refractivity contribution in [3.63, 3.8) is 0 Å². The Balaban J connectivity index is 0.932. The molecule has 0 aliphatic carbocycles. The average molecular weight is 759 g/mol. The van der Waals surface area contributed by atoms with Crippen molar-refractivity contribution in [3.05, 3.63) is 179 Å². The maximum absolute atomic E-state index is 12.6. The average Bonchev–Trinajstić information content (AvgIpc) is 3.25. The summed E-state index contributed by atoms with van der Waals surface area (Å²) in [7, 11) is 0. The first-order valence-electron chi connectivity index (χ1n) is 19.3. The van der Waals surface area contributed by atoms with Crippen molar-refractivity contribution in [3.8, 4) is 23.0 Å². The highest BCUT2D eigenvalue weighted by molar-refractivity contribution is 5.92. The molecule has 0 aliphatic heterocycles. The Morgan fingerprint density at radius 1 is 0.456 bits per heavy atom. The van der Waals surface area contributed by atoms with E-state index in [0.29, 0.717) is 35.8 Å². The van der Waals surface area contributed by atoms with Gasteiger partial charge in [-0.15, -0.1) is 0 Å². The molecule has 0 bridgehead atoms. The van der Waals surface area contributed by atoms with Crippen LogP contribution in [0.5, 0.6) is 23.0 Å². The molecule has 0 saturated heterocycles. The number of carbonyl (C=O) groups is 2. The Morgan fingerprint density at radius 3 is 1.16 bits per heavy atom. The molecule has 8 heteroatoms. The number of nitrogens with zero attached hydrogens (tertiary/aromatic N) is 2. The van der Waals surface area contributed by atoms with E-state index in [4.69, 9.17) is 18.9 Å². The van der Waals surface area contributed by atoms with Gasteiger partial charge in [-0.3, -0.25) is 9.98 Å². The normalized spacial score (nSPS) is 11.1. The third kappa shape index (κ3) is 12.6. The number of hydrogen-bond acceptors (Lipinski definition) is 8. The van der Waals surface area contributed by atoms with Crippen LogP contribution in [0.2, 0.25) is 0 Å². The van der Waals surface area contributed by atoms with E-state index in [0.717, 1.165) is 66.1 Å². The highest BCUT2D eigenvalue weighted by atomic mass is 16.5. The topological polar surface area (TPSA) is 95.8 Å². The molecule has 6 aromatic carbocycles. The number of ether oxygens (including phenoxy) is 4. The van der Waals surface area contributed by atoms with Crippen LogP contribution in [0.15, 0.2) is 156 Å². The van der Waals surface area contributed by atoms with Crippen LogP contribution in [-0.2, 0) is 6.42 Å². The van der Waals surface area contributed by atoms with Gasteiger partial charge < -0.3 is 18.9 Å². The van der Waals surface area contributed by atoms with Crippen molar-refractivity contribution in [1.29, 1.82) is 0 Å². The number of aliphatic imine (C=N–C) groups is 2. The van der Waals surface area contributed by atoms with Gasteiger partial charge in [0, 0.05) is 12.4 Å². The monoisotopic (exact) mass is 758 g/mol. The fourth-order valence-electron chi connectivity index (χ4n) is 5.55. The van der Waals surface area contributed by atoms with E-state index in [9.17, 15) is 9.59 Å². The molecule has 0 saturated carbocycles. The second-order valence-electron chi connectivity index (χ2n) is 13.4. The molecule has 0 amide bonds. The SMILES string of the molecule is CCCCOc1ccc(C(=O)Oc2ccc(C=Nc3ccc(Cc4ccc(N=Cc5ccc(OC(=O)c6ccc(OCCCC)cc6)cc5)cc4)cc3)cc2)cc1. The van der Waals surface area contributed by atoms with E-state index in [-0.39, 0.29) is 0 Å². The van der Waals surface area contributed by atoms with E-state index >= 15 is 0 Å². The van der Waals surface area contributed by atoms with Gasteiger partial charge >= 0.3 is 11.9 Å². The second kappa shape index (κ2) is 20.8. The van der Waals surface area contributed by atoms with Crippen LogP contribution in [-0.4, -0.2) is 37.6 Å². The molecule has 8 nitrogen and oxygen atoms in total. The molecule has 0 radical (unpaired) electrons. The van der Waals surface area contributed by atoms with E-state index in [1.54, 1.807) is 85.2 Å². The smallest absolute Gasteiger partial charge is 0.343 e. The standard InChI is InChI=1S/C49H46N2O6/c1-3-5-31-54-44-27-15-40(16-28-44)48(52)56-46-23-11-38(12-24-46)34-50-42-19-7-36(8-20-42)33-37-9-21-43(22-10-37)51-35-39-13-25-47(26-14-39)57-49(53)41-17-29-45(30-18-41)55-32-6-4-2/h7-30,34-35H,3-6,31-33H2,1-2H3. The van der Waals surface area contributed by atoms with Crippen LogP contribution >= 0.6 is 0 Å². The number of rotatable bonds is 18. The molecule has 0 spiro atoms. The zero-order valence-corrected chi connectivity index (χ0v) is 32.3. The summed E-state index contributed by atoms with van der Waals surface area (Å²) >= 11 is 0. The van der Waals surface area contributed by atoms with E-state index in [1.807, 2.05) is 48.5 Å². The lowest BCUT2D eigenvalue weighted by molar-refractivity contribution is 0.0725. The molecule has 0 N–H and O–H groups in total. The molecule has 288 valence electrons. The molecule has 0 heterocycles. The zero-order valence-electron chi connectivity index (χ0n) is 32.3. The molecule has 0 aromatic heterocycles. The Labute approximate surface area is 334 Å². The maximum Gasteiger partial charge on any atom is 0.343 e. The highest BCUT2D eigenvalue weighted by Gasteiger charge is 2.10. The first-order valence-corrected chi connectivity index (χ1v) is 19.3. The molecule has 0 unspecified atom stereocenters. The van der Waals surface area contributed by atoms with Crippen LogP contribution in [0.25, 0.3) is 0 Å². The minimum atomic E-state index is -0.422. The van der Waals surface area contributed by atoms with Gasteiger partial charge in [-0.05, 0) is 163 Å². The summed E-state index contributed by atoms with van der Waals surface area (Å²) < 4.78 is 22.4. The summed E-state index contributed by atoms with van der Waals surface area (Å²) in [6.07, 6.45) is 8.46. The van der Waals surface area contributed by atoms with Crippen molar-refractivity contribution in [1.82, 2.24) is 0 Å². The van der Waals surface area contributed by atoms with Crippen molar-refractivity contribution in [2.45, 2.75) is 46.0 Å². The Bertz CT molecular complexity index is 2070. The van der Waals surface area contributed by atoms with Crippen LogP contribution in [0, 0.1) is 0 Å². The van der Waals surface area contributed by atoms with Crippen molar-refractivity contribution < 1.29 is 28.5 Å². The first-order chi connectivity index (χ1) is 27.9. The number of benzene rings is 6. The Morgan fingerprint density at radius 2 is 0.807 bits per heavy atom. The minimum absolute atomic E-state index is 0.422. The molecule has 6 aromatic rings. The Kier molecular flexibility index (Phi) is 14.5. The third-order valence-corrected chi connectivity index (χ3v) is 8.90. The van der Waals surface area contributed by atoms with Gasteiger partial charge in [0.1, 0.15) is 23.0 Å². The lowest BCUT2D eigenvalue weighted by Crippen LogP contribution is -2.08. The van der Waals surface area contributed by atoms with E-state index < -0.39 is 11.9 Å². The van der Waals surface area contributed by atoms with Crippen LogP contribution in [0.4, 0.5) is 11.4 Å². The number of esters is 2. The van der Waals surface area contributed by atoms with Gasteiger partial charge in [0.25, 0.3) is 0 Å². The van der Waals surface area contributed by atoms with Crippen molar-refractivity contribution in [2.24, 2.45) is 9.98 Å². The largest absolute Gasteiger partial charge is 0.494 e. The first kappa shape index (κ1) is 39.9. The Hall–Kier alpha value is -6.80. The number of unbranched alkanes of at least 4 members (excludes halogenated alkanes) is 2. The van der Waals surface area contributed by atoms with Gasteiger partial charge in [-0.25, -0.2) is 9.59 Å². The summed E-state index contributed by atoms with van der Waals surface area (Å²) in [6.45, 7) is 5.54. The van der Waals surface area contributed by atoms with Crippen LogP contribution < -0.4 is 18.9 Å². The summed E-state index contributed by atoms with van der Waals surface area (Å²) in [4.78, 5) is 34.4. The van der Waals surface area contributed by atoms with Gasteiger partial charge in [-0.2, -0.15) is 0 Å². The molecular formula is C49H46N2O6. The lowest BCUT2D eigenvalue weighted by Gasteiger charge is -2.07. The number of carbonyl (C=O) groups excluding carboxylic acids is 2. The maximum atomic E-state index is 12.6. The second-order valence-corrected chi connectivity index (χ2v) is 13.4. The summed E-state index contributed by atoms with van der Waals surface area (Å²) in [5.41, 5.74) is 6.72. The van der Waals surface area contributed by atoms with Gasteiger partial charge in [-0.1, -0.05) is 51.0 Å². The molecule has 0 atom stereocenters. The summed E-state index contributed by atoms with van der Waals surface area (Å²) in [5, 5.41) is 0. The fraction of sp³-hybridized carbons (Fsp3) is 0.184. The molecule has 6 rings (SSSR count). The molecule has 57 heavy (non-hydrogen) atoms. The summed E-state index contributed by atoms with van der Waals surface area (Å²) in [5.74, 6) is 1.55. The van der Waals surface area contributed by atoms with E-state index in [1.165, 1.54) is 11.1 Å². The van der Waals surface area contributed by atoms with Gasteiger partial charge in [0.05, 0.1) is 35.7 Å². The highest BCUT2D eigenvalue weighted by Crippen LogP contribution is 2.22. The fourth-order valence-corrected chi connectivity index (χ4v) is 5.55. The van der Waals surface area contributed by atoms with Gasteiger partial charge in [0.15, 0.2) is 0 Å². The van der Waals surface area contributed by atoms with E-state index in [2.05, 4.69) is 48.1 Å². The summed E-state index contributed by atoms with van der Waals surface area (Å²) in [6, 6.07) is 44.7. The molecular weight excluding hydrogens is 713 g/mol. The van der Waals surface area contributed by atoms with Gasteiger partial charge in [0.2, 0.25) is 0 Å². The quantitative estimate of drug-likeness (QED) is 0.0375. The van der Waals surface area contributed by atoms with Crippen molar-refractivity contribution >= 4 is 35.7 Å². The predicted molar refractivity (Wildman–Crippen MR) is 227 cm³/mol. The van der Waals surface area contributed by atoms with Crippen LogP contribution in [0.1, 0.15) is 82.5 Å².